The molecule has 1 aromatic rings. The Morgan fingerprint density at radius 1 is 1.44 bits per heavy atom. The first-order valence-electron chi connectivity index (χ1n) is 4.66. The van der Waals surface area contributed by atoms with Gasteiger partial charge in [0.15, 0.2) is 11.6 Å². The van der Waals surface area contributed by atoms with E-state index in [4.69, 9.17) is 22.1 Å². The van der Waals surface area contributed by atoms with Crippen LogP contribution in [-0.2, 0) is 0 Å². The standard InChI is InChI=1S/C10H8ClF4NOS/c11-6-2-1-3-7(8(6)12)17-4-5(9(16)18)10(13,14)15/h1-3,5H,4H2,(H2,16,18). The molecule has 0 heterocycles. The van der Waals surface area contributed by atoms with Crippen LogP contribution < -0.4 is 10.5 Å². The maximum absolute atomic E-state index is 13.3. The summed E-state index contributed by atoms with van der Waals surface area (Å²) in [6.07, 6.45) is -4.64. The molecule has 2 nitrogen and oxygen atoms in total. The monoisotopic (exact) mass is 301 g/mol. The van der Waals surface area contributed by atoms with E-state index in [0.717, 1.165) is 6.07 Å². The first-order chi connectivity index (χ1) is 8.23. The molecule has 0 aliphatic rings. The van der Waals surface area contributed by atoms with Crippen molar-refractivity contribution >= 4 is 28.8 Å². The van der Waals surface area contributed by atoms with Gasteiger partial charge in [-0.15, -0.1) is 0 Å². The number of benzene rings is 1. The van der Waals surface area contributed by atoms with Gasteiger partial charge in [0.2, 0.25) is 0 Å². The number of hydrogen-bond acceptors (Lipinski definition) is 2. The molecule has 0 amide bonds. The van der Waals surface area contributed by atoms with Crippen molar-refractivity contribution in [3.05, 3.63) is 29.0 Å². The summed E-state index contributed by atoms with van der Waals surface area (Å²) in [6, 6.07) is 3.76. The Labute approximate surface area is 111 Å². The van der Waals surface area contributed by atoms with Gasteiger partial charge in [-0.25, -0.2) is 4.39 Å². The molecule has 1 rings (SSSR count). The van der Waals surface area contributed by atoms with Crippen LogP contribution in [0.2, 0.25) is 5.02 Å². The predicted molar refractivity (Wildman–Crippen MR) is 63.2 cm³/mol. The minimum Gasteiger partial charge on any atom is -0.489 e. The van der Waals surface area contributed by atoms with Crippen molar-refractivity contribution in [2.24, 2.45) is 11.7 Å². The number of rotatable bonds is 4. The fourth-order valence-corrected chi connectivity index (χ4v) is 1.47. The molecule has 18 heavy (non-hydrogen) atoms. The van der Waals surface area contributed by atoms with Crippen molar-refractivity contribution in [3.63, 3.8) is 0 Å². The first kappa shape index (κ1) is 15.0. The quantitative estimate of drug-likeness (QED) is 0.684. The van der Waals surface area contributed by atoms with Crippen molar-refractivity contribution in [1.82, 2.24) is 0 Å². The number of nitrogens with two attached hydrogens (primary N) is 1. The van der Waals surface area contributed by atoms with Gasteiger partial charge >= 0.3 is 6.18 Å². The van der Waals surface area contributed by atoms with Gasteiger partial charge in [-0.3, -0.25) is 0 Å². The molecule has 0 aliphatic heterocycles. The molecule has 2 N–H and O–H groups in total. The summed E-state index contributed by atoms with van der Waals surface area (Å²) in [6.45, 7) is -0.893. The van der Waals surface area contributed by atoms with E-state index in [1.807, 2.05) is 0 Å². The van der Waals surface area contributed by atoms with E-state index in [-0.39, 0.29) is 10.8 Å². The molecule has 1 unspecified atom stereocenters. The maximum atomic E-state index is 13.3. The Morgan fingerprint density at radius 2 is 2.06 bits per heavy atom. The molecule has 100 valence electrons. The van der Waals surface area contributed by atoms with E-state index in [1.165, 1.54) is 12.1 Å². The summed E-state index contributed by atoms with van der Waals surface area (Å²) in [5, 5.41) is -0.244. The minimum absolute atomic E-state index is 0.244. The van der Waals surface area contributed by atoms with Crippen molar-refractivity contribution in [2.45, 2.75) is 6.18 Å². The lowest BCUT2D eigenvalue weighted by Gasteiger charge is -2.19. The topological polar surface area (TPSA) is 35.2 Å². The Balaban J connectivity index is 2.80. The fourth-order valence-electron chi connectivity index (χ4n) is 1.11. The smallest absolute Gasteiger partial charge is 0.401 e. The van der Waals surface area contributed by atoms with Crippen LogP contribution in [0.3, 0.4) is 0 Å². The number of halogens is 5. The van der Waals surface area contributed by atoms with Gasteiger partial charge in [-0.05, 0) is 12.1 Å². The number of alkyl halides is 3. The SMILES string of the molecule is NC(=S)C(COc1cccc(Cl)c1F)C(F)(F)F. The lowest BCUT2D eigenvalue weighted by Crippen LogP contribution is -2.38. The zero-order valence-electron chi connectivity index (χ0n) is 8.80. The van der Waals surface area contributed by atoms with Gasteiger partial charge in [-0.2, -0.15) is 13.2 Å². The largest absolute Gasteiger partial charge is 0.489 e. The Hall–Kier alpha value is -1.08. The van der Waals surface area contributed by atoms with Crippen LogP contribution in [0.5, 0.6) is 5.75 Å². The van der Waals surface area contributed by atoms with Crippen LogP contribution >= 0.6 is 23.8 Å². The Kier molecular flexibility index (Phi) is 4.75. The minimum atomic E-state index is -4.64. The molecular weight excluding hydrogens is 294 g/mol. The van der Waals surface area contributed by atoms with E-state index < -0.39 is 29.5 Å². The molecule has 0 bridgehead atoms. The maximum Gasteiger partial charge on any atom is 0.401 e. The summed E-state index contributed by atoms with van der Waals surface area (Å²) in [4.78, 5) is -0.759. The molecule has 0 saturated carbocycles. The van der Waals surface area contributed by atoms with Gasteiger partial charge in [-0.1, -0.05) is 29.9 Å². The van der Waals surface area contributed by atoms with Crippen molar-refractivity contribution < 1.29 is 22.3 Å². The summed E-state index contributed by atoms with van der Waals surface area (Å²) >= 11 is 9.75. The summed E-state index contributed by atoms with van der Waals surface area (Å²) in [5.41, 5.74) is 4.97. The van der Waals surface area contributed by atoms with Crippen LogP contribution in [0.25, 0.3) is 0 Å². The Morgan fingerprint density at radius 3 is 2.56 bits per heavy atom. The summed E-state index contributed by atoms with van der Waals surface area (Å²) < 4.78 is 55.5. The highest BCUT2D eigenvalue weighted by Crippen LogP contribution is 2.29. The lowest BCUT2D eigenvalue weighted by atomic mass is 10.1. The molecule has 8 heteroatoms. The molecule has 0 radical (unpaired) electrons. The number of thiocarbonyl (C=S) groups is 1. The van der Waals surface area contributed by atoms with Gasteiger partial charge in [0.1, 0.15) is 12.5 Å². The number of ether oxygens (including phenoxy) is 1. The normalized spacial score (nSPS) is 13.2. The van der Waals surface area contributed by atoms with Gasteiger partial charge in [0, 0.05) is 0 Å². The molecule has 1 atom stereocenters. The van der Waals surface area contributed by atoms with Crippen LogP contribution in [0.15, 0.2) is 18.2 Å². The van der Waals surface area contributed by atoms with E-state index in [1.54, 1.807) is 0 Å². The third kappa shape index (κ3) is 3.71. The van der Waals surface area contributed by atoms with E-state index >= 15 is 0 Å². The third-order valence-electron chi connectivity index (χ3n) is 2.06. The molecular formula is C10H8ClF4NOS. The van der Waals surface area contributed by atoms with Crippen molar-refractivity contribution in [3.8, 4) is 5.75 Å². The fraction of sp³-hybridized carbons (Fsp3) is 0.300. The molecule has 0 aliphatic carbocycles. The average Bonchev–Trinajstić information content (AvgIpc) is 2.22. The second kappa shape index (κ2) is 5.71. The second-order valence-electron chi connectivity index (χ2n) is 3.36. The van der Waals surface area contributed by atoms with Gasteiger partial charge in [0.05, 0.1) is 10.0 Å². The zero-order valence-corrected chi connectivity index (χ0v) is 10.4. The van der Waals surface area contributed by atoms with Crippen molar-refractivity contribution in [2.75, 3.05) is 6.61 Å². The van der Waals surface area contributed by atoms with E-state index in [2.05, 4.69) is 12.2 Å². The molecule has 0 aromatic heterocycles. The highest BCUT2D eigenvalue weighted by atomic mass is 35.5. The molecule has 0 saturated heterocycles. The van der Waals surface area contributed by atoms with Gasteiger partial charge in [0.25, 0.3) is 0 Å². The predicted octanol–water partition coefficient (Wildman–Crippen LogP) is 3.32. The van der Waals surface area contributed by atoms with Crippen LogP contribution in [-0.4, -0.2) is 17.8 Å². The lowest BCUT2D eigenvalue weighted by molar-refractivity contribution is -0.161. The van der Waals surface area contributed by atoms with E-state index in [9.17, 15) is 17.6 Å². The van der Waals surface area contributed by atoms with Crippen molar-refractivity contribution in [1.29, 1.82) is 0 Å². The van der Waals surface area contributed by atoms with E-state index in [0.29, 0.717) is 0 Å². The molecule has 0 spiro atoms. The third-order valence-corrected chi connectivity index (χ3v) is 2.64. The summed E-state index contributed by atoms with van der Waals surface area (Å²) in [7, 11) is 0. The van der Waals surface area contributed by atoms with Gasteiger partial charge < -0.3 is 10.5 Å². The Bertz CT molecular complexity index is 452. The first-order valence-corrected chi connectivity index (χ1v) is 5.45. The average molecular weight is 302 g/mol. The molecule has 0 fully saturated rings. The second-order valence-corrected chi connectivity index (χ2v) is 4.24. The van der Waals surface area contributed by atoms with Crippen LogP contribution in [0, 0.1) is 11.7 Å². The highest BCUT2D eigenvalue weighted by molar-refractivity contribution is 7.80. The van der Waals surface area contributed by atoms with Crippen LogP contribution in [0.4, 0.5) is 17.6 Å². The molecule has 1 aromatic carbocycles. The number of hydrogen-bond donors (Lipinski definition) is 1. The summed E-state index contributed by atoms with van der Waals surface area (Å²) in [5.74, 6) is -3.44. The zero-order chi connectivity index (χ0) is 13.9. The highest BCUT2D eigenvalue weighted by Gasteiger charge is 2.42. The van der Waals surface area contributed by atoms with Crippen LogP contribution in [0.1, 0.15) is 0 Å².